The van der Waals surface area contributed by atoms with Crippen LogP contribution in [0.15, 0.2) is 0 Å². The number of ketones is 1. The van der Waals surface area contributed by atoms with E-state index in [9.17, 15) is 4.79 Å². The van der Waals surface area contributed by atoms with Crippen molar-refractivity contribution >= 4 is 17.6 Å². The van der Waals surface area contributed by atoms with E-state index in [1.807, 2.05) is 6.92 Å². The molecule has 3 nitrogen and oxygen atoms in total. The molecule has 0 aromatic rings. The molecule has 0 aliphatic rings. The minimum Gasteiger partial charge on any atom is -0.389 e. The van der Waals surface area contributed by atoms with Crippen molar-refractivity contribution in [3.8, 4) is 0 Å². The third kappa shape index (κ3) is 2.79. The predicted octanol–water partition coefficient (Wildman–Crippen LogP) is 0.0698. The van der Waals surface area contributed by atoms with Crippen LogP contribution in [0.2, 0.25) is 0 Å². The molecule has 0 saturated carbocycles. The normalized spacial score (nSPS) is 13.2. The molecule has 0 spiro atoms. The maximum Gasteiger partial charge on any atom is 0.176 e. The number of carbonyl (C=O) groups is 1. The van der Waals surface area contributed by atoms with Crippen LogP contribution in [0, 0.1) is 0 Å². The van der Waals surface area contributed by atoms with Gasteiger partial charge in [-0.25, -0.2) is 4.84 Å². The Morgan fingerprint density at radius 3 is 2.56 bits per heavy atom. The lowest BCUT2D eigenvalue weighted by Gasteiger charge is -2.06. The Morgan fingerprint density at radius 2 is 2.44 bits per heavy atom. The first-order chi connectivity index (χ1) is 4.26. The first kappa shape index (κ1) is 8.88. The molecule has 0 amide bonds. The van der Waals surface area contributed by atoms with Gasteiger partial charge in [-0.15, -0.1) is 0 Å². The van der Waals surface area contributed by atoms with E-state index in [1.165, 1.54) is 0 Å². The Bertz CT molecular complexity index is 93.0. The average molecular weight is 152 g/mol. The van der Waals surface area contributed by atoms with E-state index in [2.05, 4.69) is 4.84 Å². The molecule has 0 radical (unpaired) electrons. The molecular weight excluding hydrogens is 142 g/mol. The minimum atomic E-state index is -0.446. The van der Waals surface area contributed by atoms with Crippen LogP contribution in [0.1, 0.15) is 13.3 Å². The number of nitrogens with one attached hydrogen (secondary N) is 1. The average Bonchev–Trinajstić information content (AvgIpc) is 1.90. The smallest absolute Gasteiger partial charge is 0.176 e. The molecule has 0 rings (SSSR count). The van der Waals surface area contributed by atoms with Crippen molar-refractivity contribution in [2.24, 2.45) is 0 Å². The Labute approximate surface area is 59.1 Å². The van der Waals surface area contributed by atoms with E-state index in [1.54, 1.807) is 0 Å². The fraction of sp³-hybridized carbons (Fsp3) is 0.800. The quantitative estimate of drug-likeness (QED) is 0.559. The summed E-state index contributed by atoms with van der Waals surface area (Å²) >= 11 is 5.16. The molecular formula is C5H10ClNO2. The fourth-order valence-electron chi connectivity index (χ4n) is 0.476. The zero-order valence-electron chi connectivity index (χ0n) is 5.22. The largest absolute Gasteiger partial charge is 0.389 e. The maximum absolute atomic E-state index is 10.6. The van der Waals surface area contributed by atoms with Gasteiger partial charge < -0.3 is 5.11 Å². The topological polar surface area (TPSA) is 49.3 Å². The number of aliphatic hydroxyl groups is 1. The summed E-state index contributed by atoms with van der Waals surface area (Å²) in [4.78, 5) is 12.8. The van der Waals surface area contributed by atoms with Gasteiger partial charge in [-0.2, -0.15) is 0 Å². The number of Topliss-reactive ketones (excluding diaryl/α,β-unsaturated/α-hetero) is 1. The van der Waals surface area contributed by atoms with Gasteiger partial charge in [-0.05, 0) is 18.2 Å². The molecule has 0 aliphatic heterocycles. The van der Waals surface area contributed by atoms with Crippen LogP contribution in [0.5, 0.6) is 0 Å². The van der Waals surface area contributed by atoms with Crippen LogP contribution < -0.4 is 4.84 Å². The Hall–Kier alpha value is -0.120. The van der Waals surface area contributed by atoms with Gasteiger partial charge in [0, 0.05) is 0 Å². The highest BCUT2D eigenvalue weighted by molar-refractivity contribution is 6.15. The molecule has 0 saturated heterocycles. The van der Waals surface area contributed by atoms with Crippen LogP contribution in [0.3, 0.4) is 0 Å². The maximum atomic E-state index is 10.6. The lowest BCUT2D eigenvalue weighted by molar-refractivity contribution is -0.123. The van der Waals surface area contributed by atoms with Gasteiger partial charge in [0.05, 0.1) is 6.04 Å². The number of halogens is 1. The van der Waals surface area contributed by atoms with Crippen LogP contribution in [0.25, 0.3) is 0 Å². The lowest BCUT2D eigenvalue weighted by atomic mass is 10.2. The summed E-state index contributed by atoms with van der Waals surface area (Å²) in [6.45, 7) is 1.37. The van der Waals surface area contributed by atoms with Crippen molar-refractivity contribution in [2.45, 2.75) is 19.4 Å². The Balaban J connectivity index is 3.64. The third-order valence-electron chi connectivity index (χ3n) is 1.08. The number of aliphatic hydroxyl groups excluding tert-OH is 1. The lowest BCUT2D eigenvalue weighted by Crippen LogP contribution is -2.32. The molecule has 4 heteroatoms. The van der Waals surface area contributed by atoms with E-state index in [4.69, 9.17) is 16.9 Å². The van der Waals surface area contributed by atoms with Gasteiger partial charge >= 0.3 is 0 Å². The van der Waals surface area contributed by atoms with E-state index >= 15 is 0 Å². The Kier molecular flexibility index (Phi) is 4.67. The van der Waals surface area contributed by atoms with Crippen molar-refractivity contribution in [3.05, 3.63) is 0 Å². The highest BCUT2D eigenvalue weighted by Gasteiger charge is 2.12. The van der Waals surface area contributed by atoms with Crippen LogP contribution in [0.4, 0.5) is 0 Å². The van der Waals surface area contributed by atoms with E-state index < -0.39 is 12.6 Å². The molecule has 0 bridgehead atoms. The second-order valence-corrected chi connectivity index (χ2v) is 1.91. The van der Waals surface area contributed by atoms with Crippen LogP contribution in [-0.4, -0.2) is 23.5 Å². The molecule has 54 valence electrons. The first-order valence-electron chi connectivity index (χ1n) is 2.76. The summed E-state index contributed by atoms with van der Waals surface area (Å²) in [5.41, 5.74) is 0. The van der Waals surface area contributed by atoms with E-state index in [0.717, 1.165) is 0 Å². The van der Waals surface area contributed by atoms with Crippen molar-refractivity contribution in [2.75, 3.05) is 6.61 Å². The van der Waals surface area contributed by atoms with E-state index in [-0.39, 0.29) is 5.78 Å². The third-order valence-corrected chi connectivity index (χ3v) is 1.35. The summed E-state index contributed by atoms with van der Waals surface area (Å²) in [7, 11) is 0. The molecule has 0 unspecified atom stereocenters. The zero-order chi connectivity index (χ0) is 7.28. The summed E-state index contributed by atoms with van der Waals surface area (Å²) in [6.07, 6.45) is 0.600. The minimum absolute atomic E-state index is 0.271. The second kappa shape index (κ2) is 4.73. The van der Waals surface area contributed by atoms with Crippen LogP contribution in [-0.2, 0) is 4.79 Å². The van der Waals surface area contributed by atoms with Crippen molar-refractivity contribution in [1.82, 2.24) is 4.84 Å². The second-order valence-electron chi connectivity index (χ2n) is 1.69. The number of carbonyl (C=O) groups excluding carboxylic acids is 1. The number of hydrogen-bond acceptors (Lipinski definition) is 3. The highest BCUT2D eigenvalue weighted by Crippen LogP contribution is 1.92. The van der Waals surface area contributed by atoms with Crippen molar-refractivity contribution in [1.29, 1.82) is 0 Å². The van der Waals surface area contributed by atoms with Crippen LogP contribution >= 0.6 is 11.8 Å². The molecule has 2 N–H and O–H groups in total. The number of hydrogen-bond donors (Lipinski definition) is 2. The highest BCUT2D eigenvalue weighted by atomic mass is 35.5. The molecule has 0 aromatic carbocycles. The standard InChI is InChI=1S/C5H10ClNO2/c1-2-4(7-6)5(9)3-8/h4,7-8H,2-3H2,1H3/t4-/m0/s1. The van der Waals surface area contributed by atoms with Crippen molar-refractivity contribution in [3.63, 3.8) is 0 Å². The van der Waals surface area contributed by atoms with Gasteiger partial charge in [0.25, 0.3) is 0 Å². The fourth-order valence-corrected chi connectivity index (χ4v) is 0.752. The molecule has 9 heavy (non-hydrogen) atoms. The van der Waals surface area contributed by atoms with Crippen molar-refractivity contribution < 1.29 is 9.90 Å². The summed E-state index contributed by atoms with van der Waals surface area (Å²) in [5, 5.41) is 8.32. The Morgan fingerprint density at radius 1 is 1.89 bits per heavy atom. The zero-order valence-corrected chi connectivity index (χ0v) is 5.98. The molecule has 0 heterocycles. The summed E-state index contributed by atoms with van der Waals surface area (Å²) in [6, 6.07) is -0.406. The predicted molar refractivity (Wildman–Crippen MR) is 35.2 cm³/mol. The first-order valence-corrected chi connectivity index (χ1v) is 3.13. The number of rotatable bonds is 4. The monoisotopic (exact) mass is 151 g/mol. The molecule has 1 atom stereocenters. The van der Waals surface area contributed by atoms with Gasteiger partial charge in [0.1, 0.15) is 6.61 Å². The molecule has 0 fully saturated rings. The van der Waals surface area contributed by atoms with Gasteiger partial charge in [-0.3, -0.25) is 4.79 Å². The SMILES string of the molecule is CC[C@H](NCl)C(=O)CO. The summed E-state index contributed by atoms with van der Waals surface area (Å²) < 4.78 is 0. The molecule has 0 aliphatic carbocycles. The van der Waals surface area contributed by atoms with Gasteiger partial charge in [0.15, 0.2) is 5.78 Å². The van der Waals surface area contributed by atoms with Gasteiger partial charge in [-0.1, -0.05) is 6.92 Å². The molecule has 0 aromatic heterocycles. The van der Waals surface area contributed by atoms with Gasteiger partial charge in [0.2, 0.25) is 0 Å². The van der Waals surface area contributed by atoms with E-state index in [0.29, 0.717) is 6.42 Å². The summed E-state index contributed by atoms with van der Waals surface area (Å²) in [5.74, 6) is -0.271.